The lowest BCUT2D eigenvalue weighted by Gasteiger charge is -2.30. The molecule has 228 valence electrons. The highest BCUT2D eigenvalue weighted by Gasteiger charge is 2.58. The number of aromatic nitrogens is 4. The number of imidazole rings is 1. The van der Waals surface area contributed by atoms with Crippen LogP contribution in [0.15, 0.2) is 47.7 Å². The summed E-state index contributed by atoms with van der Waals surface area (Å²) in [6.07, 6.45) is 5.98. The van der Waals surface area contributed by atoms with Gasteiger partial charge in [-0.2, -0.15) is 9.97 Å². The highest BCUT2D eigenvalue weighted by Crippen LogP contribution is 2.39. The number of carboxylic acids is 2. The van der Waals surface area contributed by atoms with E-state index in [0.717, 1.165) is 0 Å². The molecule has 44 heavy (non-hydrogen) atoms. The number of nitrogens with one attached hydrogen (secondary N) is 1. The van der Waals surface area contributed by atoms with Crippen LogP contribution in [0.1, 0.15) is 23.3 Å². The average molecular weight is 625 g/mol. The lowest BCUT2D eigenvalue weighted by atomic mass is 9.90. The zero-order valence-electron chi connectivity index (χ0n) is 22.9. The third-order valence-corrected chi connectivity index (χ3v) is 7.64. The van der Waals surface area contributed by atoms with Gasteiger partial charge in [0.15, 0.2) is 28.8 Å². The number of carbonyl (C=O) groups excluding carboxylic acids is 1. The van der Waals surface area contributed by atoms with E-state index >= 15 is 0 Å². The molecule has 0 saturated carbocycles. The van der Waals surface area contributed by atoms with Crippen molar-refractivity contribution < 1.29 is 44.3 Å². The van der Waals surface area contributed by atoms with Crippen molar-refractivity contribution in [2.75, 3.05) is 19.0 Å². The normalized spacial score (nSPS) is 24.8. The lowest BCUT2D eigenvalue weighted by Crippen LogP contribution is -2.55. The third kappa shape index (κ3) is 5.19. The summed E-state index contributed by atoms with van der Waals surface area (Å²) in [6, 6.07) is 6.05. The van der Waals surface area contributed by atoms with Crippen molar-refractivity contribution in [3.8, 4) is 12.3 Å². The van der Waals surface area contributed by atoms with Crippen molar-refractivity contribution in [1.82, 2.24) is 19.5 Å². The first kappa shape index (κ1) is 30.7. The minimum absolute atomic E-state index is 0.116. The number of dihydropyridines is 1. The van der Waals surface area contributed by atoms with Crippen molar-refractivity contribution in [1.29, 1.82) is 0 Å². The number of carboxylic acid groups (broad SMARTS) is 2. The Morgan fingerprint density at radius 1 is 1.25 bits per heavy atom. The van der Waals surface area contributed by atoms with Crippen LogP contribution in [0.5, 0.6) is 0 Å². The molecule has 2 aromatic heterocycles. The Kier molecular flexibility index (Phi) is 8.21. The summed E-state index contributed by atoms with van der Waals surface area (Å²) in [5.74, 6) is -2.35. The van der Waals surface area contributed by atoms with Gasteiger partial charge in [-0.1, -0.05) is 36.3 Å². The average Bonchev–Trinajstić information content (AvgIpc) is 3.53. The Bertz CT molecular complexity index is 1720. The fraction of sp³-hybridized carbons (Fsp3) is 0.321. The summed E-state index contributed by atoms with van der Waals surface area (Å²) in [7, 11) is 1.58. The van der Waals surface area contributed by atoms with Gasteiger partial charge in [0.2, 0.25) is 5.28 Å². The maximum absolute atomic E-state index is 12.4. The molecule has 4 heterocycles. The van der Waals surface area contributed by atoms with E-state index in [1.807, 2.05) is 0 Å². The van der Waals surface area contributed by atoms with Crippen molar-refractivity contribution in [2.24, 2.45) is 4.99 Å². The molecule has 0 spiro atoms. The quantitative estimate of drug-likeness (QED) is 0.118. The van der Waals surface area contributed by atoms with Crippen molar-refractivity contribution >= 4 is 52.6 Å². The molecule has 0 aliphatic carbocycles. The molecule has 0 bridgehead atoms. The second kappa shape index (κ2) is 11.8. The fourth-order valence-corrected chi connectivity index (χ4v) is 5.19. The third-order valence-electron chi connectivity index (χ3n) is 7.47. The SMILES string of the molecule is C#C[C@@]1(O)[C@@H](COC(Cc2ccc(C3C=CC=NC3=O)cc2)(C(=O)O)C(=O)O)O[C@@H](n2cnc3c(NC)nc(Cl)nc32)[C@@H]1O. The summed E-state index contributed by atoms with van der Waals surface area (Å²) in [5.41, 5.74) is -4.09. The van der Waals surface area contributed by atoms with Crippen LogP contribution in [-0.4, -0.2) is 101 Å². The highest BCUT2D eigenvalue weighted by atomic mass is 35.5. The number of ether oxygens (including phenoxy) is 2. The monoisotopic (exact) mass is 624 g/mol. The van der Waals surface area contributed by atoms with E-state index in [1.165, 1.54) is 29.2 Å². The number of hydrogen-bond acceptors (Lipinski definition) is 11. The number of aliphatic imine (C=N–C) groups is 1. The molecule has 5 rings (SSSR count). The predicted octanol–water partition coefficient (Wildman–Crippen LogP) is 0.562. The number of aliphatic hydroxyl groups excluding tert-OH is 1. The summed E-state index contributed by atoms with van der Waals surface area (Å²) in [4.78, 5) is 53.0. The van der Waals surface area contributed by atoms with Gasteiger partial charge in [-0.15, -0.1) is 6.42 Å². The molecule has 2 aliphatic heterocycles. The van der Waals surface area contributed by atoms with E-state index in [2.05, 4.69) is 31.2 Å². The minimum Gasteiger partial charge on any atom is -0.479 e. The topological polar surface area (TPSA) is 219 Å². The van der Waals surface area contributed by atoms with Gasteiger partial charge in [-0.05, 0) is 28.8 Å². The molecule has 5 N–H and O–H groups in total. The van der Waals surface area contributed by atoms with E-state index < -0.39 is 60.5 Å². The van der Waals surface area contributed by atoms with Gasteiger partial charge >= 0.3 is 11.9 Å². The van der Waals surface area contributed by atoms with Gasteiger partial charge in [-0.25, -0.2) is 19.6 Å². The van der Waals surface area contributed by atoms with Crippen molar-refractivity contribution in [2.45, 2.75) is 42.0 Å². The van der Waals surface area contributed by atoms with E-state index in [0.29, 0.717) is 5.56 Å². The molecule has 16 heteroatoms. The summed E-state index contributed by atoms with van der Waals surface area (Å²) in [5, 5.41) is 45.0. The van der Waals surface area contributed by atoms with E-state index in [9.17, 15) is 34.8 Å². The number of halogens is 1. The van der Waals surface area contributed by atoms with Gasteiger partial charge in [0.25, 0.3) is 11.5 Å². The molecule has 5 atom stereocenters. The molecule has 1 fully saturated rings. The molecule has 3 aromatic rings. The predicted molar refractivity (Wildman–Crippen MR) is 153 cm³/mol. The minimum atomic E-state index is -2.85. The Morgan fingerprint density at radius 3 is 2.57 bits per heavy atom. The number of aliphatic hydroxyl groups is 2. The number of benzene rings is 1. The van der Waals surface area contributed by atoms with E-state index in [4.69, 9.17) is 27.5 Å². The van der Waals surface area contributed by atoms with Crippen LogP contribution < -0.4 is 5.32 Å². The Hall–Kier alpha value is -4.72. The van der Waals surface area contributed by atoms with Crippen molar-refractivity contribution in [3.63, 3.8) is 0 Å². The Morgan fingerprint density at radius 2 is 1.95 bits per heavy atom. The summed E-state index contributed by atoms with van der Waals surface area (Å²) < 4.78 is 12.6. The number of amides is 1. The van der Waals surface area contributed by atoms with E-state index in [1.54, 1.807) is 31.3 Å². The number of rotatable bonds is 10. The van der Waals surface area contributed by atoms with Crippen LogP contribution in [0.3, 0.4) is 0 Å². The first-order valence-corrected chi connectivity index (χ1v) is 13.4. The van der Waals surface area contributed by atoms with E-state index in [-0.39, 0.29) is 33.7 Å². The molecule has 0 radical (unpaired) electrons. The van der Waals surface area contributed by atoms with Crippen LogP contribution in [0.2, 0.25) is 5.28 Å². The van der Waals surface area contributed by atoms with Crippen LogP contribution >= 0.6 is 11.6 Å². The molecule has 1 unspecified atom stereocenters. The van der Waals surface area contributed by atoms with Crippen LogP contribution in [0, 0.1) is 12.3 Å². The fourth-order valence-electron chi connectivity index (χ4n) is 5.03. The summed E-state index contributed by atoms with van der Waals surface area (Å²) >= 11 is 6.02. The van der Waals surface area contributed by atoms with Gasteiger partial charge in [-0.3, -0.25) is 9.36 Å². The molecule has 1 saturated heterocycles. The first-order chi connectivity index (χ1) is 20.9. The highest BCUT2D eigenvalue weighted by molar-refractivity contribution is 6.28. The maximum atomic E-state index is 12.4. The number of fused-ring (bicyclic) bond motifs is 1. The molecule has 1 aromatic carbocycles. The Balaban J connectivity index is 1.40. The molecular formula is C28H25ClN6O9. The number of terminal acetylenes is 1. The van der Waals surface area contributed by atoms with Gasteiger partial charge in [0.1, 0.15) is 12.2 Å². The largest absolute Gasteiger partial charge is 0.479 e. The van der Waals surface area contributed by atoms with Gasteiger partial charge in [0, 0.05) is 19.7 Å². The molecule has 1 amide bonds. The number of allylic oxidation sites excluding steroid dienone is 1. The van der Waals surface area contributed by atoms with Gasteiger partial charge < -0.3 is 35.2 Å². The number of hydrogen-bond donors (Lipinski definition) is 5. The number of aliphatic carboxylic acids is 2. The number of carbonyl (C=O) groups is 3. The maximum Gasteiger partial charge on any atom is 0.348 e. The summed E-state index contributed by atoms with van der Waals surface area (Å²) in [6.45, 7) is -0.853. The van der Waals surface area contributed by atoms with Gasteiger partial charge in [0.05, 0.1) is 18.9 Å². The molecule has 15 nitrogen and oxygen atoms in total. The number of nitrogens with zero attached hydrogens (tertiary/aromatic N) is 5. The standard InChI is InChI=1S/C28H25ClN6O9/c1-3-27(42)17(44-23(19(27)36)35-13-32-18-20(30-2)33-26(29)34-21(18)35)12-43-28(24(38)39,25(40)41)11-14-6-8-15(9-7-14)16-5-4-10-31-22(16)37/h1,4-10,13,16-17,19,23,36,42H,11-12H2,2H3,(H,38,39)(H,40,41)(H,30,33,34)/t16?,17-,19+,23-,27-/m1/s1. The zero-order chi connectivity index (χ0) is 31.8. The second-order valence-corrected chi connectivity index (χ2v) is 10.3. The Labute approximate surface area is 253 Å². The van der Waals surface area contributed by atoms with Crippen molar-refractivity contribution in [3.05, 3.63) is 59.2 Å². The first-order valence-electron chi connectivity index (χ1n) is 13.0. The van der Waals surface area contributed by atoms with Crippen LogP contribution in [0.25, 0.3) is 11.2 Å². The van der Waals surface area contributed by atoms with Crippen LogP contribution in [0.4, 0.5) is 5.82 Å². The molecule has 2 aliphatic rings. The molecular weight excluding hydrogens is 600 g/mol. The smallest absolute Gasteiger partial charge is 0.348 e. The zero-order valence-corrected chi connectivity index (χ0v) is 23.6. The second-order valence-electron chi connectivity index (χ2n) is 9.99. The van der Waals surface area contributed by atoms with Crippen LogP contribution in [-0.2, 0) is 30.3 Å². The lowest BCUT2D eigenvalue weighted by molar-refractivity contribution is -0.191. The number of anilines is 1.